The molecule has 1 unspecified atom stereocenters. The summed E-state index contributed by atoms with van der Waals surface area (Å²) in [7, 11) is 0. The number of carboxylic acid groups (broad SMARTS) is 1. The molecule has 1 amide bonds. The molecule has 0 bridgehead atoms. The highest BCUT2D eigenvalue weighted by molar-refractivity contribution is 8.00. The molecule has 2 heterocycles. The second-order valence-corrected chi connectivity index (χ2v) is 5.95. The van der Waals surface area contributed by atoms with E-state index < -0.39 is 5.97 Å². The van der Waals surface area contributed by atoms with E-state index in [1.54, 1.807) is 6.07 Å². The Morgan fingerprint density at radius 2 is 2.30 bits per heavy atom. The van der Waals surface area contributed by atoms with Gasteiger partial charge >= 0.3 is 5.97 Å². The highest BCUT2D eigenvalue weighted by Crippen LogP contribution is 2.22. The van der Waals surface area contributed by atoms with E-state index in [-0.39, 0.29) is 11.6 Å². The topological polar surface area (TPSA) is 70.5 Å². The van der Waals surface area contributed by atoms with Crippen LogP contribution in [0.4, 0.5) is 0 Å². The van der Waals surface area contributed by atoms with Crippen molar-refractivity contribution in [2.24, 2.45) is 0 Å². The SMILES string of the molecule is CC1CCCCN1C(=O)CSc1ccnc(C(=O)O)c1. The van der Waals surface area contributed by atoms with E-state index in [4.69, 9.17) is 5.11 Å². The smallest absolute Gasteiger partial charge is 0.354 e. The number of hydrogen-bond acceptors (Lipinski definition) is 4. The van der Waals surface area contributed by atoms with Gasteiger partial charge in [-0.25, -0.2) is 9.78 Å². The summed E-state index contributed by atoms with van der Waals surface area (Å²) in [6.07, 6.45) is 4.78. The van der Waals surface area contributed by atoms with Crippen LogP contribution in [0.5, 0.6) is 0 Å². The Balaban J connectivity index is 1.92. The number of pyridine rings is 1. The van der Waals surface area contributed by atoms with E-state index in [0.717, 1.165) is 24.3 Å². The van der Waals surface area contributed by atoms with Gasteiger partial charge in [0.05, 0.1) is 5.75 Å². The molecule has 108 valence electrons. The van der Waals surface area contributed by atoms with Crippen LogP contribution in [0.15, 0.2) is 23.2 Å². The van der Waals surface area contributed by atoms with Crippen LogP contribution in [-0.4, -0.2) is 45.2 Å². The molecule has 6 heteroatoms. The van der Waals surface area contributed by atoms with Gasteiger partial charge in [0.2, 0.25) is 5.91 Å². The predicted octanol–water partition coefficient (Wildman–Crippen LogP) is 2.27. The lowest BCUT2D eigenvalue weighted by Gasteiger charge is -2.33. The summed E-state index contributed by atoms with van der Waals surface area (Å²) in [4.78, 5) is 29.5. The molecule has 1 aliphatic heterocycles. The second kappa shape index (κ2) is 6.74. The Morgan fingerprint density at radius 1 is 1.50 bits per heavy atom. The van der Waals surface area contributed by atoms with Gasteiger partial charge in [0.15, 0.2) is 0 Å². The first kappa shape index (κ1) is 14.8. The molecular formula is C14H18N2O3S. The molecule has 0 radical (unpaired) electrons. The van der Waals surface area contributed by atoms with Gasteiger partial charge in [-0.1, -0.05) is 0 Å². The lowest BCUT2D eigenvalue weighted by molar-refractivity contribution is -0.131. The number of piperidine rings is 1. The summed E-state index contributed by atoms with van der Waals surface area (Å²) in [6, 6.07) is 3.54. The fourth-order valence-electron chi connectivity index (χ4n) is 2.31. The minimum Gasteiger partial charge on any atom is -0.477 e. The molecule has 1 aromatic heterocycles. The van der Waals surface area contributed by atoms with Crippen molar-refractivity contribution in [3.63, 3.8) is 0 Å². The number of carbonyl (C=O) groups is 2. The monoisotopic (exact) mass is 294 g/mol. The molecule has 1 aliphatic rings. The van der Waals surface area contributed by atoms with Gasteiger partial charge in [0.1, 0.15) is 5.69 Å². The molecule has 2 rings (SSSR count). The van der Waals surface area contributed by atoms with Gasteiger partial charge in [-0.15, -0.1) is 11.8 Å². The molecule has 0 saturated carbocycles. The predicted molar refractivity (Wildman–Crippen MR) is 76.9 cm³/mol. The number of carbonyl (C=O) groups excluding carboxylic acids is 1. The van der Waals surface area contributed by atoms with Gasteiger partial charge in [-0.3, -0.25) is 4.79 Å². The summed E-state index contributed by atoms with van der Waals surface area (Å²) in [5.74, 6) is -0.591. The van der Waals surface area contributed by atoms with Gasteiger partial charge < -0.3 is 10.0 Å². The number of aromatic nitrogens is 1. The molecule has 0 aromatic carbocycles. The number of carboxylic acids is 1. The molecule has 1 N–H and O–H groups in total. The highest BCUT2D eigenvalue weighted by Gasteiger charge is 2.22. The van der Waals surface area contributed by atoms with E-state index >= 15 is 0 Å². The number of rotatable bonds is 4. The van der Waals surface area contributed by atoms with Crippen molar-refractivity contribution < 1.29 is 14.7 Å². The van der Waals surface area contributed by atoms with E-state index in [0.29, 0.717) is 11.8 Å². The number of aromatic carboxylic acids is 1. The van der Waals surface area contributed by atoms with Crippen LogP contribution in [0.3, 0.4) is 0 Å². The van der Waals surface area contributed by atoms with Crippen molar-refractivity contribution in [1.29, 1.82) is 0 Å². The van der Waals surface area contributed by atoms with Crippen LogP contribution in [0.1, 0.15) is 36.7 Å². The quantitative estimate of drug-likeness (QED) is 0.863. The minimum absolute atomic E-state index is 0.00814. The van der Waals surface area contributed by atoms with Crippen molar-refractivity contribution in [3.8, 4) is 0 Å². The molecule has 1 fully saturated rings. The van der Waals surface area contributed by atoms with Crippen LogP contribution >= 0.6 is 11.8 Å². The summed E-state index contributed by atoms with van der Waals surface area (Å²) >= 11 is 1.36. The van der Waals surface area contributed by atoms with Crippen molar-refractivity contribution in [2.75, 3.05) is 12.3 Å². The zero-order valence-corrected chi connectivity index (χ0v) is 12.2. The Labute approximate surface area is 122 Å². The molecule has 0 aliphatic carbocycles. The van der Waals surface area contributed by atoms with Crippen molar-refractivity contribution >= 4 is 23.6 Å². The fraction of sp³-hybridized carbons (Fsp3) is 0.500. The van der Waals surface area contributed by atoms with Crippen LogP contribution in [0, 0.1) is 0 Å². The van der Waals surface area contributed by atoms with E-state index in [2.05, 4.69) is 11.9 Å². The Hall–Kier alpha value is -1.56. The minimum atomic E-state index is -1.05. The summed E-state index contributed by atoms with van der Waals surface area (Å²) in [6.45, 7) is 2.91. The van der Waals surface area contributed by atoms with Gasteiger partial charge in [-0.05, 0) is 38.3 Å². The van der Waals surface area contributed by atoms with E-state index in [9.17, 15) is 9.59 Å². The number of amides is 1. The second-order valence-electron chi connectivity index (χ2n) is 4.90. The molecule has 0 spiro atoms. The van der Waals surface area contributed by atoms with Crippen molar-refractivity contribution in [2.45, 2.75) is 37.1 Å². The maximum Gasteiger partial charge on any atom is 0.354 e. The van der Waals surface area contributed by atoms with Crippen molar-refractivity contribution in [3.05, 3.63) is 24.0 Å². The van der Waals surface area contributed by atoms with Gasteiger partial charge in [0, 0.05) is 23.7 Å². The maximum atomic E-state index is 12.2. The zero-order valence-electron chi connectivity index (χ0n) is 11.4. The van der Waals surface area contributed by atoms with Crippen LogP contribution < -0.4 is 0 Å². The summed E-state index contributed by atoms with van der Waals surface area (Å²) in [5, 5.41) is 8.88. The average molecular weight is 294 g/mol. The number of thioether (sulfide) groups is 1. The number of hydrogen-bond donors (Lipinski definition) is 1. The zero-order chi connectivity index (χ0) is 14.5. The lowest BCUT2D eigenvalue weighted by Crippen LogP contribution is -2.42. The third-order valence-corrected chi connectivity index (χ3v) is 4.41. The third kappa shape index (κ3) is 3.72. The molecule has 1 saturated heterocycles. The molecule has 1 aromatic rings. The Morgan fingerprint density at radius 3 is 3.00 bits per heavy atom. The van der Waals surface area contributed by atoms with E-state index in [1.165, 1.54) is 30.4 Å². The standard InChI is InChI=1S/C14H18N2O3S/c1-10-4-2-3-7-16(10)13(17)9-20-11-5-6-15-12(8-11)14(18)19/h5-6,8,10H,2-4,7,9H2,1H3,(H,18,19). The largest absolute Gasteiger partial charge is 0.477 e. The Bertz CT molecular complexity index is 507. The fourth-order valence-corrected chi connectivity index (χ4v) is 3.12. The first-order chi connectivity index (χ1) is 9.58. The highest BCUT2D eigenvalue weighted by atomic mass is 32.2. The van der Waals surface area contributed by atoms with Gasteiger partial charge in [0.25, 0.3) is 0 Å². The third-order valence-electron chi connectivity index (χ3n) is 3.44. The van der Waals surface area contributed by atoms with E-state index in [1.807, 2.05) is 4.90 Å². The van der Waals surface area contributed by atoms with Gasteiger partial charge in [-0.2, -0.15) is 0 Å². The average Bonchev–Trinajstić information content (AvgIpc) is 2.45. The maximum absolute atomic E-state index is 12.2. The van der Waals surface area contributed by atoms with Crippen LogP contribution in [0.2, 0.25) is 0 Å². The molecule has 1 atom stereocenters. The van der Waals surface area contributed by atoms with Crippen LogP contribution in [0.25, 0.3) is 0 Å². The Kier molecular flexibility index (Phi) is 5.00. The first-order valence-electron chi connectivity index (χ1n) is 6.69. The molecule has 5 nitrogen and oxygen atoms in total. The number of likely N-dealkylation sites (tertiary alicyclic amines) is 1. The molecule has 20 heavy (non-hydrogen) atoms. The lowest BCUT2D eigenvalue weighted by atomic mass is 10.0. The summed E-state index contributed by atoms with van der Waals surface area (Å²) in [5.41, 5.74) is 0.00814. The first-order valence-corrected chi connectivity index (χ1v) is 7.68. The normalized spacial score (nSPS) is 18.9. The van der Waals surface area contributed by atoms with Crippen molar-refractivity contribution in [1.82, 2.24) is 9.88 Å². The van der Waals surface area contributed by atoms with Crippen LogP contribution in [-0.2, 0) is 4.79 Å². The molecular weight excluding hydrogens is 276 g/mol. The summed E-state index contributed by atoms with van der Waals surface area (Å²) < 4.78 is 0. The number of nitrogens with zero attached hydrogens (tertiary/aromatic N) is 2.